The molecule has 0 amide bonds. The van der Waals surface area contributed by atoms with Gasteiger partial charge in [-0.2, -0.15) is 0 Å². The topological polar surface area (TPSA) is 55.8 Å². The fourth-order valence-corrected chi connectivity index (χ4v) is 2.63. The molecule has 1 heterocycles. The van der Waals surface area contributed by atoms with Crippen LogP contribution in [0.3, 0.4) is 0 Å². The van der Waals surface area contributed by atoms with Gasteiger partial charge in [0.1, 0.15) is 6.61 Å². The Hall–Kier alpha value is -1.39. The van der Waals surface area contributed by atoms with Gasteiger partial charge in [-0.15, -0.1) is 13.2 Å². The molecule has 0 unspecified atom stereocenters. The minimum atomic E-state index is -0.862. The van der Waals surface area contributed by atoms with E-state index in [1.165, 1.54) is 6.08 Å². The highest BCUT2D eigenvalue weighted by Crippen LogP contribution is 2.34. The number of hydrogen-bond acceptors (Lipinski definition) is 4. The van der Waals surface area contributed by atoms with E-state index in [4.69, 9.17) is 9.47 Å². The summed E-state index contributed by atoms with van der Waals surface area (Å²) in [5.74, 6) is -0.528. The largest absolute Gasteiger partial charge is 0.461 e. The standard InChI is InChI=1S/C20H32O4/c1-7-19(5,22)12-9-10-15(3)14-23-18(21)16(4)17-11-13-20(6,8-2)24-17/h7-8,10,16-17,22H,1-2,9,11-14H2,3-6H3/b15-10-/t16-,17-,19+,20-/m1/s1. The van der Waals surface area contributed by atoms with Crippen LogP contribution in [0.1, 0.15) is 53.4 Å². The number of ether oxygens (including phenoxy) is 2. The minimum absolute atomic E-state index is 0.118. The van der Waals surface area contributed by atoms with Crippen molar-refractivity contribution in [3.63, 3.8) is 0 Å². The van der Waals surface area contributed by atoms with Crippen LogP contribution in [0, 0.1) is 5.92 Å². The SMILES string of the molecule is C=C[C@](C)(O)CC/C=C(/C)COC(=O)[C@H](C)[C@H]1CC[C@@](C)(C=C)O1. The normalized spacial score (nSPS) is 28.0. The average molecular weight is 336 g/mol. The minimum Gasteiger partial charge on any atom is -0.461 e. The molecule has 1 fully saturated rings. The summed E-state index contributed by atoms with van der Waals surface area (Å²) in [6, 6.07) is 0. The summed E-state index contributed by atoms with van der Waals surface area (Å²) in [5, 5.41) is 9.86. The Morgan fingerprint density at radius 2 is 2.21 bits per heavy atom. The first-order valence-electron chi connectivity index (χ1n) is 8.62. The van der Waals surface area contributed by atoms with Gasteiger partial charge in [0.2, 0.25) is 0 Å². The maximum atomic E-state index is 12.2. The van der Waals surface area contributed by atoms with Crippen LogP contribution >= 0.6 is 0 Å². The quantitative estimate of drug-likeness (QED) is 0.511. The van der Waals surface area contributed by atoms with Crippen LogP contribution in [0.2, 0.25) is 0 Å². The van der Waals surface area contributed by atoms with E-state index in [0.717, 1.165) is 18.4 Å². The lowest BCUT2D eigenvalue weighted by Gasteiger charge is -2.23. The number of aliphatic hydroxyl groups is 1. The van der Waals surface area contributed by atoms with E-state index < -0.39 is 5.60 Å². The van der Waals surface area contributed by atoms with Gasteiger partial charge in [-0.1, -0.05) is 18.2 Å². The van der Waals surface area contributed by atoms with E-state index in [1.54, 1.807) is 13.0 Å². The van der Waals surface area contributed by atoms with Crippen molar-refractivity contribution in [1.82, 2.24) is 0 Å². The van der Waals surface area contributed by atoms with Crippen molar-refractivity contribution in [2.75, 3.05) is 6.61 Å². The summed E-state index contributed by atoms with van der Waals surface area (Å²) in [7, 11) is 0. The molecule has 1 aliphatic rings. The molecule has 0 bridgehead atoms. The van der Waals surface area contributed by atoms with Gasteiger partial charge in [0.05, 0.1) is 23.2 Å². The first-order valence-corrected chi connectivity index (χ1v) is 8.62. The summed E-state index contributed by atoms with van der Waals surface area (Å²) in [6.45, 7) is 15.1. The van der Waals surface area contributed by atoms with Crippen LogP contribution in [0.5, 0.6) is 0 Å². The van der Waals surface area contributed by atoms with Gasteiger partial charge in [0, 0.05) is 0 Å². The van der Waals surface area contributed by atoms with Crippen LogP contribution < -0.4 is 0 Å². The average Bonchev–Trinajstić information content (AvgIpc) is 2.94. The zero-order valence-electron chi connectivity index (χ0n) is 15.5. The highest BCUT2D eigenvalue weighted by atomic mass is 16.5. The highest BCUT2D eigenvalue weighted by molar-refractivity contribution is 5.73. The molecule has 1 saturated heterocycles. The second-order valence-electron chi connectivity index (χ2n) is 7.26. The van der Waals surface area contributed by atoms with Crippen LogP contribution in [-0.2, 0) is 14.3 Å². The molecule has 0 spiro atoms. The Labute approximate surface area is 146 Å². The van der Waals surface area contributed by atoms with Crippen LogP contribution in [-0.4, -0.2) is 35.0 Å². The van der Waals surface area contributed by atoms with E-state index in [-0.39, 0.29) is 30.2 Å². The molecule has 24 heavy (non-hydrogen) atoms. The fraction of sp³-hybridized carbons (Fsp3) is 0.650. The van der Waals surface area contributed by atoms with E-state index >= 15 is 0 Å². The number of allylic oxidation sites excluding steroid dienone is 1. The van der Waals surface area contributed by atoms with Gasteiger partial charge in [0.15, 0.2) is 0 Å². The van der Waals surface area contributed by atoms with Gasteiger partial charge >= 0.3 is 5.97 Å². The maximum Gasteiger partial charge on any atom is 0.311 e. The van der Waals surface area contributed by atoms with Gasteiger partial charge in [0.25, 0.3) is 0 Å². The van der Waals surface area contributed by atoms with Crippen molar-refractivity contribution in [2.24, 2.45) is 5.92 Å². The van der Waals surface area contributed by atoms with Gasteiger partial charge in [-0.05, 0) is 59.0 Å². The van der Waals surface area contributed by atoms with Crippen molar-refractivity contribution in [1.29, 1.82) is 0 Å². The molecule has 0 aliphatic carbocycles. The van der Waals surface area contributed by atoms with Gasteiger partial charge in [-0.25, -0.2) is 0 Å². The molecule has 0 saturated carbocycles. The van der Waals surface area contributed by atoms with Crippen LogP contribution in [0.25, 0.3) is 0 Å². The molecule has 0 aromatic carbocycles. The predicted molar refractivity (Wildman–Crippen MR) is 96.6 cm³/mol. The second-order valence-corrected chi connectivity index (χ2v) is 7.26. The number of esters is 1. The Morgan fingerprint density at radius 3 is 2.75 bits per heavy atom. The van der Waals surface area contributed by atoms with E-state index in [2.05, 4.69) is 13.2 Å². The van der Waals surface area contributed by atoms with Crippen LogP contribution in [0.15, 0.2) is 37.0 Å². The number of hydrogen-bond donors (Lipinski definition) is 1. The number of carbonyl (C=O) groups excluding carboxylic acids is 1. The Morgan fingerprint density at radius 1 is 1.54 bits per heavy atom. The Kier molecular flexibility index (Phi) is 7.43. The molecule has 1 aliphatic heterocycles. The van der Waals surface area contributed by atoms with Gasteiger partial charge in [-0.3, -0.25) is 4.79 Å². The summed E-state index contributed by atoms with van der Waals surface area (Å²) in [4.78, 5) is 12.2. The molecule has 0 radical (unpaired) electrons. The number of rotatable bonds is 9. The third-order valence-electron chi connectivity index (χ3n) is 4.73. The first-order chi connectivity index (χ1) is 11.1. The molecule has 0 aromatic rings. The molecule has 0 aromatic heterocycles. The van der Waals surface area contributed by atoms with E-state index in [1.807, 2.05) is 26.8 Å². The lowest BCUT2D eigenvalue weighted by molar-refractivity contribution is -0.152. The monoisotopic (exact) mass is 336 g/mol. The van der Waals surface area contributed by atoms with E-state index in [0.29, 0.717) is 12.8 Å². The lowest BCUT2D eigenvalue weighted by atomic mass is 9.99. The van der Waals surface area contributed by atoms with Crippen molar-refractivity contribution >= 4 is 5.97 Å². The molecule has 4 atom stereocenters. The summed E-state index contributed by atoms with van der Waals surface area (Å²) >= 11 is 0. The third-order valence-corrected chi connectivity index (χ3v) is 4.73. The summed E-state index contributed by atoms with van der Waals surface area (Å²) in [5.41, 5.74) is -0.227. The zero-order chi connectivity index (χ0) is 18.4. The highest BCUT2D eigenvalue weighted by Gasteiger charge is 2.38. The molecular weight excluding hydrogens is 304 g/mol. The molecule has 1 N–H and O–H groups in total. The smallest absolute Gasteiger partial charge is 0.311 e. The summed E-state index contributed by atoms with van der Waals surface area (Å²) in [6.07, 6.45) is 8.22. The van der Waals surface area contributed by atoms with Crippen LogP contribution in [0.4, 0.5) is 0 Å². The molecule has 4 nitrogen and oxygen atoms in total. The third kappa shape index (κ3) is 6.25. The second kappa shape index (κ2) is 8.63. The van der Waals surface area contributed by atoms with Crippen molar-refractivity contribution in [2.45, 2.75) is 70.7 Å². The predicted octanol–water partition coefficient (Wildman–Crippen LogP) is 3.95. The lowest BCUT2D eigenvalue weighted by Crippen LogP contribution is -2.30. The zero-order valence-corrected chi connectivity index (χ0v) is 15.5. The van der Waals surface area contributed by atoms with Crippen molar-refractivity contribution in [3.8, 4) is 0 Å². The maximum absolute atomic E-state index is 12.2. The number of carbonyl (C=O) groups is 1. The molecule has 136 valence electrons. The Balaban J connectivity index is 2.40. The summed E-state index contributed by atoms with van der Waals surface area (Å²) < 4.78 is 11.3. The molecular formula is C20H32O4. The van der Waals surface area contributed by atoms with Gasteiger partial charge < -0.3 is 14.6 Å². The Bertz CT molecular complexity index is 492. The molecule has 4 heteroatoms. The van der Waals surface area contributed by atoms with E-state index in [9.17, 15) is 9.90 Å². The molecule has 1 rings (SSSR count). The van der Waals surface area contributed by atoms with Crippen molar-refractivity contribution in [3.05, 3.63) is 37.0 Å². The van der Waals surface area contributed by atoms with Crippen molar-refractivity contribution < 1.29 is 19.4 Å². The fourth-order valence-electron chi connectivity index (χ4n) is 2.63. The first kappa shape index (κ1) is 20.7.